The number of benzene rings is 2. The lowest BCUT2D eigenvalue weighted by Gasteiger charge is -2.16. The first-order valence-electron chi connectivity index (χ1n) is 9.40. The predicted octanol–water partition coefficient (Wildman–Crippen LogP) is 4.37. The lowest BCUT2D eigenvalue weighted by Crippen LogP contribution is -2.16. The Hall–Kier alpha value is -2.35. The molecule has 0 unspecified atom stereocenters. The molecule has 3 rings (SSSR count). The number of rotatable bonds is 6. The Morgan fingerprint density at radius 2 is 1.67 bits per heavy atom. The van der Waals surface area contributed by atoms with Crippen LogP contribution in [0.15, 0.2) is 30.3 Å². The summed E-state index contributed by atoms with van der Waals surface area (Å²) in [5.41, 5.74) is 4.39. The zero-order valence-electron chi connectivity index (χ0n) is 16.2. The Labute approximate surface area is 184 Å². The van der Waals surface area contributed by atoms with Crippen LogP contribution in [0.4, 0.5) is 10.1 Å². The lowest BCUT2D eigenvalue weighted by atomic mass is 10.0. The van der Waals surface area contributed by atoms with Crippen molar-refractivity contribution < 1.29 is 24.2 Å². The van der Waals surface area contributed by atoms with E-state index in [0.29, 0.717) is 16.6 Å². The molecule has 0 amide bonds. The smallest absolute Gasteiger partial charge is 0.303 e. The third-order valence-corrected chi connectivity index (χ3v) is 5.17. The quantitative estimate of drug-likeness (QED) is 0.515. The molecule has 9 heteroatoms. The van der Waals surface area contributed by atoms with Crippen LogP contribution in [0.5, 0.6) is 0 Å². The Kier molecular flexibility index (Phi) is 9.36. The molecular weight excluding hydrogens is 434 g/mol. The van der Waals surface area contributed by atoms with Crippen molar-refractivity contribution in [2.24, 2.45) is 0 Å². The number of hydrogen-bond donors (Lipinski definition) is 4. The molecule has 0 aromatic heterocycles. The molecule has 30 heavy (non-hydrogen) atoms. The fraction of sp³-hybridized carbons (Fsp3) is 0.333. The molecule has 1 aliphatic heterocycles. The molecule has 0 aliphatic carbocycles. The van der Waals surface area contributed by atoms with Gasteiger partial charge in [-0.05, 0) is 60.8 Å². The number of anilines is 1. The maximum Gasteiger partial charge on any atom is 0.303 e. The highest BCUT2D eigenvalue weighted by Crippen LogP contribution is 2.31. The van der Waals surface area contributed by atoms with Crippen molar-refractivity contribution in [3.63, 3.8) is 0 Å². The zero-order valence-corrected chi connectivity index (χ0v) is 17.7. The van der Waals surface area contributed by atoms with Gasteiger partial charge in [0, 0.05) is 11.6 Å². The van der Waals surface area contributed by atoms with Crippen molar-refractivity contribution in [3.8, 4) is 0 Å². The van der Waals surface area contributed by atoms with Crippen molar-refractivity contribution in [1.29, 1.82) is 0 Å². The van der Waals surface area contributed by atoms with Crippen LogP contribution in [0.1, 0.15) is 29.5 Å². The fourth-order valence-electron chi connectivity index (χ4n) is 3.00. The maximum absolute atomic E-state index is 13.1. The normalized spacial score (nSPS) is 12.8. The van der Waals surface area contributed by atoms with E-state index in [-0.39, 0.29) is 18.7 Å². The van der Waals surface area contributed by atoms with Gasteiger partial charge in [0.05, 0.1) is 23.6 Å². The van der Waals surface area contributed by atoms with E-state index in [0.717, 1.165) is 37.2 Å². The molecular formula is C21H23Cl2FN2O4. The molecule has 0 bridgehead atoms. The SMILES string of the molecule is Fc1ccc(CNc2c(Cl)ccc3c2CCNCC3)c(Cl)c1.O=C(O)CCC(=O)O. The number of aliphatic carboxylic acids is 2. The Morgan fingerprint density at radius 1 is 1.00 bits per heavy atom. The standard InChI is InChI=1S/C17H17Cl2FN2.C4H6O4/c18-15-4-2-11-5-7-21-8-6-14(11)17(15)22-10-12-1-3-13(20)9-16(12)19;5-3(6)1-2-4(7)8/h1-4,9,21-22H,5-8,10H2;1-2H2,(H,5,6)(H,7,8). The zero-order chi connectivity index (χ0) is 22.1. The number of carboxylic acids is 2. The van der Waals surface area contributed by atoms with Gasteiger partial charge in [0.25, 0.3) is 0 Å². The summed E-state index contributed by atoms with van der Waals surface area (Å²) >= 11 is 12.5. The molecule has 162 valence electrons. The van der Waals surface area contributed by atoms with Crippen LogP contribution in [-0.2, 0) is 29.0 Å². The number of hydrogen-bond acceptors (Lipinski definition) is 4. The topological polar surface area (TPSA) is 98.7 Å². The third kappa shape index (κ3) is 7.48. The lowest BCUT2D eigenvalue weighted by molar-refractivity contribution is -0.143. The number of carboxylic acid groups (broad SMARTS) is 2. The average molecular weight is 457 g/mol. The van der Waals surface area contributed by atoms with Crippen LogP contribution in [0, 0.1) is 5.82 Å². The van der Waals surface area contributed by atoms with Gasteiger partial charge in [0.15, 0.2) is 0 Å². The molecule has 2 aromatic rings. The molecule has 0 radical (unpaired) electrons. The predicted molar refractivity (Wildman–Crippen MR) is 115 cm³/mol. The van der Waals surface area contributed by atoms with Crippen LogP contribution < -0.4 is 10.6 Å². The molecule has 0 atom stereocenters. The van der Waals surface area contributed by atoms with Crippen LogP contribution in [-0.4, -0.2) is 35.2 Å². The maximum atomic E-state index is 13.1. The van der Waals surface area contributed by atoms with Gasteiger partial charge in [0.2, 0.25) is 0 Å². The van der Waals surface area contributed by atoms with E-state index in [1.165, 1.54) is 23.3 Å². The highest BCUT2D eigenvalue weighted by atomic mass is 35.5. The van der Waals surface area contributed by atoms with Gasteiger partial charge < -0.3 is 20.8 Å². The molecule has 0 fully saturated rings. The number of fused-ring (bicyclic) bond motifs is 1. The van der Waals surface area contributed by atoms with E-state index in [2.05, 4.69) is 16.7 Å². The van der Waals surface area contributed by atoms with Crippen LogP contribution in [0.3, 0.4) is 0 Å². The second-order valence-electron chi connectivity index (χ2n) is 6.69. The molecule has 0 saturated carbocycles. The van der Waals surface area contributed by atoms with Gasteiger partial charge in [-0.25, -0.2) is 4.39 Å². The first kappa shape index (κ1) is 23.9. The van der Waals surface area contributed by atoms with Crippen molar-refractivity contribution in [2.75, 3.05) is 18.4 Å². The van der Waals surface area contributed by atoms with Gasteiger partial charge >= 0.3 is 11.9 Å². The number of halogens is 3. The van der Waals surface area contributed by atoms with Crippen LogP contribution in [0.2, 0.25) is 10.0 Å². The minimum atomic E-state index is -1.08. The van der Waals surface area contributed by atoms with Gasteiger partial charge in [-0.1, -0.05) is 35.3 Å². The first-order valence-corrected chi connectivity index (χ1v) is 10.2. The van der Waals surface area contributed by atoms with Gasteiger partial charge in [-0.2, -0.15) is 0 Å². The van der Waals surface area contributed by atoms with Gasteiger partial charge in [-0.3, -0.25) is 9.59 Å². The van der Waals surface area contributed by atoms with Crippen LogP contribution >= 0.6 is 23.2 Å². The average Bonchev–Trinajstić information content (AvgIpc) is 2.93. The van der Waals surface area contributed by atoms with Crippen molar-refractivity contribution in [3.05, 3.63) is 62.9 Å². The summed E-state index contributed by atoms with van der Waals surface area (Å²) in [7, 11) is 0. The van der Waals surface area contributed by atoms with Crippen molar-refractivity contribution in [2.45, 2.75) is 32.2 Å². The monoisotopic (exact) mass is 456 g/mol. The minimum Gasteiger partial charge on any atom is -0.481 e. The van der Waals surface area contributed by atoms with E-state index in [1.807, 2.05) is 6.07 Å². The Balaban J connectivity index is 0.000000343. The second-order valence-corrected chi connectivity index (χ2v) is 7.50. The molecule has 1 aliphatic rings. The summed E-state index contributed by atoms with van der Waals surface area (Å²) in [6.45, 7) is 2.44. The van der Waals surface area contributed by atoms with E-state index in [1.54, 1.807) is 6.07 Å². The second kappa shape index (κ2) is 11.7. The Morgan fingerprint density at radius 3 is 2.30 bits per heavy atom. The van der Waals surface area contributed by atoms with Gasteiger partial charge in [-0.15, -0.1) is 0 Å². The van der Waals surface area contributed by atoms with Crippen molar-refractivity contribution in [1.82, 2.24) is 5.32 Å². The summed E-state index contributed by atoms with van der Waals surface area (Å²) in [5, 5.41) is 23.7. The van der Waals surface area contributed by atoms with Crippen molar-refractivity contribution >= 4 is 40.8 Å². The number of nitrogens with one attached hydrogen (secondary N) is 2. The summed E-state index contributed by atoms with van der Waals surface area (Å²) in [5.74, 6) is -2.48. The summed E-state index contributed by atoms with van der Waals surface area (Å²) < 4.78 is 13.1. The third-order valence-electron chi connectivity index (χ3n) is 4.51. The van der Waals surface area contributed by atoms with E-state index < -0.39 is 11.9 Å². The van der Waals surface area contributed by atoms with Gasteiger partial charge in [0.1, 0.15) is 5.82 Å². The summed E-state index contributed by atoms with van der Waals surface area (Å²) in [4.78, 5) is 19.3. The molecule has 6 nitrogen and oxygen atoms in total. The molecule has 4 N–H and O–H groups in total. The molecule has 0 saturated heterocycles. The van der Waals surface area contributed by atoms with E-state index >= 15 is 0 Å². The van der Waals surface area contributed by atoms with Crippen LogP contribution in [0.25, 0.3) is 0 Å². The first-order chi connectivity index (χ1) is 14.3. The molecule has 1 heterocycles. The highest BCUT2D eigenvalue weighted by molar-refractivity contribution is 6.33. The number of carbonyl (C=O) groups is 2. The van der Waals surface area contributed by atoms with E-state index in [9.17, 15) is 14.0 Å². The Bertz CT molecular complexity index is 895. The highest BCUT2D eigenvalue weighted by Gasteiger charge is 2.15. The summed E-state index contributed by atoms with van der Waals surface area (Å²) in [6.07, 6.45) is 1.35. The van der Waals surface area contributed by atoms with E-state index in [4.69, 9.17) is 33.4 Å². The fourth-order valence-corrected chi connectivity index (χ4v) is 3.48. The largest absolute Gasteiger partial charge is 0.481 e. The molecule has 0 spiro atoms. The molecule has 2 aromatic carbocycles. The summed E-state index contributed by atoms with van der Waals surface area (Å²) in [6, 6.07) is 8.47. The minimum absolute atomic E-state index is 0.296.